The summed E-state index contributed by atoms with van der Waals surface area (Å²) in [7, 11) is 1.35. The van der Waals surface area contributed by atoms with Gasteiger partial charge in [-0.05, 0) is 13.8 Å². The number of methoxy groups -OCH3 is 1. The molecule has 0 aliphatic carbocycles. The van der Waals surface area contributed by atoms with E-state index in [1.807, 2.05) is 13.8 Å². The second kappa shape index (κ2) is 5.44. The maximum Gasteiger partial charge on any atom is 0.330 e. The number of aromatic nitrogens is 1. The predicted molar refractivity (Wildman–Crippen MR) is 60.2 cm³/mol. The summed E-state index contributed by atoms with van der Waals surface area (Å²) >= 11 is 7.04. The number of carbonyl (C=O) groups excluding carboxylic acids is 1. The average molecular weight is 249 g/mol. The van der Waals surface area contributed by atoms with Gasteiger partial charge in [0.25, 0.3) is 0 Å². The number of ether oxygens (including phenoxy) is 1. The summed E-state index contributed by atoms with van der Waals surface area (Å²) in [5, 5.41) is 3.70. The van der Waals surface area contributed by atoms with E-state index in [0.29, 0.717) is 9.34 Å². The molecule has 0 aromatic carbocycles. The summed E-state index contributed by atoms with van der Waals surface area (Å²) in [6.07, 6.45) is 1.53. The van der Waals surface area contributed by atoms with Crippen LogP contribution in [0.15, 0.2) is 6.20 Å². The Bertz CT molecular complexity index is 341. The van der Waals surface area contributed by atoms with Crippen molar-refractivity contribution in [3.63, 3.8) is 0 Å². The van der Waals surface area contributed by atoms with E-state index in [0.717, 1.165) is 0 Å². The van der Waals surface area contributed by atoms with Crippen LogP contribution in [-0.4, -0.2) is 24.1 Å². The molecular formula is C9H13ClN2O2S. The highest BCUT2D eigenvalue weighted by molar-refractivity contribution is 7.16. The predicted octanol–water partition coefficient (Wildman–Crippen LogP) is 2.01. The quantitative estimate of drug-likeness (QED) is 0.829. The Morgan fingerprint density at radius 1 is 1.67 bits per heavy atom. The molecule has 0 spiro atoms. The largest absolute Gasteiger partial charge is 0.468 e. The molecule has 6 heteroatoms. The maximum atomic E-state index is 11.5. The van der Waals surface area contributed by atoms with Gasteiger partial charge in [0.05, 0.1) is 13.3 Å². The van der Waals surface area contributed by atoms with Crippen LogP contribution in [0.1, 0.15) is 24.9 Å². The normalized spacial score (nSPS) is 12.9. The molecule has 1 aromatic heterocycles. The van der Waals surface area contributed by atoms with Crippen LogP contribution in [-0.2, 0) is 9.53 Å². The van der Waals surface area contributed by atoms with E-state index in [-0.39, 0.29) is 12.0 Å². The second-order valence-electron chi connectivity index (χ2n) is 3.28. The van der Waals surface area contributed by atoms with Crippen molar-refractivity contribution >= 4 is 28.9 Å². The Morgan fingerprint density at radius 2 is 2.33 bits per heavy atom. The van der Waals surface area contributed by atoms with Crippen LogP contribution in [0.5, 0.6) is 0 Å². The molecular weight excluding hydrogens is 236 g/mol. The number of hydrogen-bond acceptors (Lipinski definition) is 5. The minimum absolute atomic E-state index is 0.164. The van der Waals surface area contributed by atoms with Gasteiger partial charge in [0, 0.05) is 6.04 Å². The topological polar surface area (TPSA) is 51.2 Å². The van der Waals surface area contributed by atoms with Crippen LogP contribution in [0, 0.1) is 0 Å². The Kier molecular flexibility index (Phi) is 4.50. The van der Waals surface area contributed by atoms with Crippen molar-refractivity contribution in [2.75, 3.05) is 7.11 Å². The van der Waals surface area contributed by atoms with Gasteiger partial charge < -0.3 is 4.74 Å². The minimum Gasteiger partial charge on any atom is -0.468 e. The van der Waals surface area contributed by atoms with Gasteiger partial charge in [-0.3, -0.25) is 5.32 Å². The molecule has 1 atom stereocenters. The molecule has 0 amide bonds. The first-order chi connectivity index (χ1) is 7.04. The molecule has 0 saturated carbocycles. The lowest BCUT2D eigenvalue weighted by Crippen LogP contribution is -2.34. The molecule has 84 valence electrons. The van der Waals surface area contributed by atoms with Gasteiger partial charge in [-0.25, -0.2) is 9.78 Å². The summed E-state index contributed by atoms with van der Waals surface area (Å²) in [4.78, 5) is 15.6. The van der Waals surface area contributed by atoms with Crippen LogP contribution in [0.25, 0.3) is 0 Å². The zero-order chi connectivity index (χ0) is 11.4. The number of carbonyl (C=O) groups is 1. The fraction of sp³-hybridized carbons (Fsp3) is 0.556. The number of esters is 1. The van der Waals surface area contributed by atoms with E-state index in [9.17, 15) is 4.79 Å². The summed E-state index contributed by atoms with van der Waals surface area (Å²) in [5.41, 5.74) is 0. The minimum atomic E-state index is -0.535. The van der Waals surface area contributed by atoms with Crippen LogP contribution in [0.2, 0.25) is 4.34 Å². The van der Waals surface area contributed by atoms with Gasteiger partial charge in [-0.2, -0.15) is 0 Å². The third-order valence-electron chi connectivity index (χ3n) is 1.68. The smallest absolute Gasteiger partial charge is 0.330 e. The van der Waals surface area contributed by atoms with Gasteiger partial charge in [0.1, 0.15) is 9.34 Å². The Labute approximate surface area is 97.6 Å². The average Bonchev–Trinajstić information content (AvgIpc) is 2.59. The molecule has 1 rings (SSSR count). The zero-order valence-electron chi connectivity index (χ0n) is 8.78. The van der Waals surface area contributed by atoms with Gasteiger partial charge in [0.15, 0.2) is 6.04 Å². The van der Waals surface area contributed by atoms with Crippen molar-refractivity contribution < 1.29 is 9.53 Å². The van der Waals surface area contributed by atoms with Gasteiger partial charge in [-0.1, -0.05) is 11.6 Å². The highest BCUT2D eigenvalue weighted by Gasteiger charge is 2.24. The molecule has 1 unspecified atom stereocenters. The molecule has 0 saturated heterocycles. The summed E-state index contributed by atoms with van der Waals surface area (Å²) < 4.78 is 5.26. The van der Waals surface area contributed by atoms with E-state index >= 15 is 0 Å². The van der Waals surface area contributed by atoms with E-state index in [1.54, 1.807) is 0 Å². The maximum absolute atomic E-state index is 11.5. The second-order valence-corrected chi connectivity index (χ2v) is 4.97. The lowest BCUT2D eigenvalue weighted by atomic mass is 10.2. The van der Waals surface area contributed by atoms with Crippen molar-refractivity contribution in [1.82, 2.24) is 10.3 Å². The van der Waals surface area contributed by atoms with Crippen molar-refractivity contribution in [2.24, 2.45) is 0 Å². The number of rotatable bonds is 4. The van der Waals surface area contributed by atoms with Crippen LogP contribution >= 0.6 is 22.9 Å². The van der Waals surface area contributed by atoms with Crippen LogP contribution < -0.4 is 5.32 Å². The monoisotopic (exact) mass is 248 g/mol. The number of hydrogen-bond donors (Lipinski definition) is 1. The molecule has 0 fully saturated rings. The lowest BCUT2D eigenvalue weighted by molar-refractivity contribution is -0.143. The summed E-state index contributed by atoms with van der Waals surface area (Å²) in [5.74, 6) is -0.352. The molecule has 1 heterocycles. The zero-order valence-corrected chi connectivity index (χ0v) is 10.4. The molecule has 15 heavy (non-hydrogen) atoms. The molecule has 0 bridgehead atoms. The van der Waals surface area contributed by atoms with Gasteiger partial charge in [-0.15, -0.1) is 11.3 Å². The van der Waals surface area contributed by atoms with E-state index in [1.165, 1.54) is 24.6 Å². The number of halogens is 1. The van der Waals surface area contributed by atoms with E-state index in [4.69, 9.17) is 16.3 Å². The number of nitrogens with zero attached hydrogens (tertiary/aromatic N) is 1. The highest BCUT2D eigenvalue weighted by atomic mass is 35.5. The molecule has 0 radical (unpaired) electrons. The van der Waals surface area contributed by atoms with Gasteiger partial charge >= 0.3 is 5.97 Å². The van der Waals surface area contributed by atoms with Crippen LogP contribution in [0.3, 0.4) is 0 Å². The Hall–Kier alpha value is -0.650. The summed E-state index contributed by atoms with van der Waals surface area (Å²) in [6, 6.07) is -0.371. The lowest BCUT2D eigenvalue weighted by Gasteiger charge is -2.16. The first-order valence-electron chi connectivity index (χ1n) is 4.49. The van der Waals surface area contributed by atoms with Crippen molar-refractivity contribution in [1.29, 1.82) is 0 Å². The molecule has 4 nitrogen and oxygen atoms in total. The fourth-order valence-electron chi connectivity index (χ4n) is 1.09. The van der Waals surface area contributed by atoms with Crippen molar-refractivity contribution in [3.05, 3.63) is 15.5 Å². The standard InChI is InChI=1S/C9H13ClN2O2S/c1-5(2)12-7(9(13)14-3)8-11-4-6(10)15-8/h4-5,7,12H,1-3H3. The Morgan fingerprint density at radius 3 is 2.73 bits per heavy atom. The first kappa shape index (κ1) is 12.4. The first-order valence-corrected chi connectivity index (χ1v) is 5.69. The number of thiazole rings is 1. The van der Waals surface area contributed by atoms with E-state index < -0.39 is 6.04 Å². The Balaban J connectivity index is 2.85. The third kappa shape index (κ3) is 3.44. The third-order valence-corrected chi connectivity index (χ3v) is 2.86. The summed E-state index contributed by atoms with van der Waals surface area (Å²) in [6.45, 7) is 3.90. The van der Waals surface area contributed by atoms with Gasteiger partial charge in [0.2, 0.25) is 0 Å². The molecule has 0 aliphatic rings. The van der Waals surface area contributed by atoms with E-state index in [2.05, 4.69) is 10.3 Å². The van der Waals surface area contributed by atoms with Crippen LogP contribution in [0.4, 0.5) is 0 Å². The molecule has 1 aromatic rings. The SMILES string of the molecule is COC(=O)C(NC(C)C)c1ncc(Cl)s1. The molecule has 1 N–H and O–H groups in total. The van der Waals surface area contributed by atoms with Crippen molar-refractivity contribution in [3.8, 4) is 0 Å². The van der Waals surface area contributed by atoms with Crippen molar-refractivity contribution in [2.45, 2.75) is 25.9 Å². The fourth-order valence-corrected chi connectivity index (χ4v) is 2.07. The highest BCUT2D eigenvalue weighted by Crippen LogP contribution is 2.24. The number of nitrogens with one attached hydrogen (secondary N) is 1. The molecule has 0 aliphatic heterocycles.